The van der Waals surface area contributed by atoms with Crippen LogP contribution in [0.3, 0.4) is 0 Å². The molecule has 0 radical (unpaired) electrons. The highest BCUT2D eigenvalue weighted by Crippen LogP contribution is 2.27. The number of amides is 1. The molecule has 7 nitrogen and oxygen atoms in total. The monoisotopic (exact) mass is 283 g/mol. The van der Waals surface area contributed by atoms with E-state index < -0.39 is 11.9 Å². The Morgan fingerprint density at radius 1 is 1.45 bits per heavy atom. The molecule has 0 saturated heterocycles. The highest BCUT2D eigenvalue weighted by molar-refractivity contribution is 5.93. The van der Waals surface area contributed by atoms with Gasteiger partial charge in [-0.15, -0.1) is 0 Å². The average molecular weight is 283 g/mol. The van der Waals surface area contributed by atoms with E-state index in [-0.39, 0.29) is 29.8 Å². The Morgan fingerprint density at radius 2 is 2.15 bits per heavy atom. The molecule has 110 valence electrons. The number of methoxy groups -OCH3 is 1. The molecule has 1 fully saturated rings. The molecule has 7 heteroatoms. The third-order valence-corrected chi connectivity index (χ3v) is 3.26. The Kier molecular flexibility index (Phi) is 4.41. The van der Waals surface area contributed by atoms with Crippen LogP contribution >= 0.6 is 0 Å². The fourth-order valence-corrected chi connectivity index (χ4v) is 2.23. The summed E-state index contributed by atoms with van der Waals surface area (Å²) in [7, 11) is 1.56. The van der Waals surface area contributed by atoms with Gasteiger partial charge in [-0.3, -0.25) is 4.79 Å². The van der Waals surface area contributed by atoms with Crippen LogP contribution in [0.5, 0.6) is 0 Å². The summed E-state index contributed by atoms with van der Waals surface area (Å²) in [6.07, 6.45) is 0.430. The van der Waals surface area contributed by atoms with Gasteiger partial charge in [-0.2, -0.15) is 0 Å². The Morgan fingerprint density at radius 3 is 2.70 bits per heavy atom. The SMILES string of the molecule is CCO[C@@H]1C[C@H](NC(=O)c2ccc(C(=O)O)o2)[C@@H]1OC. The minimum atomic E-state index is -1.21. The number of carboxylic acid groups (broad SMARTS) is 1. The van der Waals surface area contributed by atoms with Gasteiger partial charge in [-0.05, 0) is 25.5 Å². The summed E-state index contributed by atoms with van der Waals surface area (Å²) in [6.45, 7) is 2.49. The smallest absolute Gasteiger partial charge is 0.371 e. The number of furan rings is 1. The number of nitrogens with one attached hydrogen (secondary N) is 1. The molecule has 20 heavy (non-hydrogen) atoms. The maximum atomic E-state index is 11.9. The molecule has 2 N–H and O–H groups in total. The van der Waals surface area contributed by atoms with Crippen LogP contribution in [0, 0.1) is 0 Å². The van der Waals surface area contributed by atoms with Crippen molar-refractivity contribution in [3.05, 3.63) is 23.7 Å². The molecule has 0 aliphatic heterocycles. The quantitative estimate of drug-likeness (QED) is 0.805. The van der Waals surface area contributed by atoms with Gasteiger partial charge >= 0.3 is 5.97 Å². The van der Waals surface area contributed by atoms with E-state index in [9.17, 15) is 9.59 Å². The molecule has 3 atom stereocenters. The van der Waals surface area contributed by atoms with Crippen molar-refractivity contribution in [2.45, 2.75) is 31.6 Å². The summed E-state index contributed by atoms with van der Waals surface area (Å²) in [4.78, 5) is 22.6. The molecule has 1 aromatic heterocycles. The lowest BCUT2D eigenvalue weighted by atomic mass is 9.85. The first-order chi connectivity index (χ1) is 9.56. The summed E-state index contributed by atoms with van der Waals surface area (Å²) in [5.74, 6) is -1.96. The van der Waals surface area contributed by atoms with E-state index >= 15 is 0 Å². The van der Waals surface area contributed by atoms with Crippen LogP contribution < -0.4 is 5.32 Å². The number of ether oxygens (including phenoxy) is 2. The van der Waals surface area contributed by atoms with Crippen LogP contribution in [0.4, 0.5) is 0 Å². The highest BCUT2D eigenvalue weighted by atomic mass is 16.5. The summed E-state index contributed by atoms with van der Waals surface area (Å²) < 4.78 is 15.7. The maximum absolute atomic E-state index is 11.9. The minimum Gasteiger partial charge on any atom is -0.475 e. The molecule has 1 aromatic rings. The summed E-state index contributed by atoms with van der Waals surface area (Å²) in [5, 5.41) is 11.5. The van der Waals surface area contributed by atoms with Gasteiger partial charge in [0.2, 0.25) is 5.76 Å². The second-order valence-electron chi connectivity index (χ2n) is 4.48. The van der Waals surface area contributed by atoms with Gasteiger partial charge in [-0.25, -0.2) is 4.79 Å². The minimum absolute atomic E-state index is 0.0264. The fourth-order valence-electron chi connectivity index (χ4n) is 2.23. The Balaban J connectivity index is 1.93. The van der Waals surface area contributed by atoms with Crippen LogP contribution in [0.15, 0.2) is 16.5 Å². The van der Waals surface area contributed by atoms with Crippen molar-refractivity contribution < 1.29 is 28.6 Å². The largest absolute Gasteiger partial charge is 0.475 e. The van der Waals surface area contributed by atoms with Crippen LogP contribution in [-0.4, -0.2) is 48.9 Å². The molecular formula is C13H17NO6. The van der Waals surface area contributed by atoms with Gasteiger partial charge in [0.1, 0.15) is 6.10 Å². The lowest BCUT2D eigenvalue weighted by Crippen LogP contribution is -2.60. The van der Waals surface area contributed by atoms with E-state index in [0.29, 0.717) is 13.0 Å². The van der Waals surface area contributed by atoms with Gasteiger partial charge in [0.25, 0.3) is 5.91 Å². The highest BCUT2D eigenvalue weighted by Gasteiger charge is 2.43. The van der Waals surface area contributed by atoms with Gasteiger partial charge in [0, 0.05) is 13.7 Å². The molecule has 1 heterocycles. The summed E-state index contributed by atoms with van der Waals surface area (Å²) >= 11 is 0. The van der Waals surface area contributed by atoms with Crippen LogP contribution in [0.2, 0.25) is 0 Å². The van der Waals surface area contributed by atoms with Crippen molar-refractivity contribution >= 4 is 11.9 Å². The van der Waals surface area contributed by atoms with Crippen molar-refractivity contribution in [2.75, 3.05) is 13.7 Å². The predicted octanol–water partition coefficient (Wildman–Crippen LogP) is 0.900. The Bertz CT molecular complexity index is 497. The Hall–Kier alpha value is -1.86. The molecule has 0 unspecified atom stereocenters. The lowest BCUT2D eigenvalue weighted by Gasteiger charge is -2.43. The molecule has 0 bridgehead atoms. The predicted molar refractivity (Wildman–Crippen MR) is 67.7 cm³/mol. The van der Waals surface area contributed by atoms with Gasteiger partial charge < -0.3 is 24.3 Å². The van der Waals surface area contributed by atoms with Crippen LogP contribution in [0.25, 0.3) is 0 Å². The van der Waals surface area contributed by atoms with Crippen molar-refractivity contribution in [3.8, 4) is 0 Å². The second kappa shape index (κ2) is 6.06. The molecule has 1 aliphatic rings. The van der Waals surface area contributed by atoms with Crippen molar-refractivity contribution in [1.29, 1.82) is 0 Å². The van der Waals surface area contributed by atoms with Crippen molar-refractivity contribution in [1.82, 2.24) is 5.32 Å². The van der Waals surface area contributed by atoms with Gasteiger partial charge in [0.05, 0.1) is 12.1 Å². The molecule has 0 spiro atoms. The van der Waals surface area contributed by atoms with Gasteiger partial charge in [0.15, 0.2) is 5.76 Å². The third-order valence-electron chi connectivity index (χ3n) is 3.26. The van der Waals surface area contributed by atoms with E-state index in [2.05, 4.69) is 5.32 Å². The number of carboxylic acids is 1. The molecule has 1 aliphatic carbocycles. The third kappa shape index (κ3) is 2.83. The number of carbonyl (C=O) groups is 2. The maximum Gasteiger partial charge on any atom is 0.371 e. The molecular weight excluding hydrogens is 266 g/mol. The number of hydrogen-bond donors (Lipinski definition) is 2. The topological polar surface area (TPSA) is 98.0 Å². The van der Waals surface area contributed by atoms with Crippen LogP contribution in [-0.2, 0) is 9.47 Å². The van der Waals surface area contributed by atoms with E-state index in [1.807, 2.05) is 6.92 Å². The number of rotatable bonds is 6. The zero-order valence-electron chi connectivity index (χ0n) is 11.3. The zero-order valence-corrected chi connectivity index (χ0v) is 11.3. The van der Waals surface area contributed by atoms with E-state index in [4.69, 9.17) is 19.0 Å². The molecule has 0 aromatic carbocycles. The first-order valence-electron chi connectivity index (χ1n) is 6.35. The van der Waals surface area contributed by atoms with Crippen molar-refractivity contribution in [2.24, 2.45) is 0 Å². The molecule has 1 saturated carbocycles. The average Bonchev–Trinajstić information content (AvgIpc) is 2.87. The van der Waals surface area contributed by atoms with E-state index in [0.717, 1.165) is 0 Å². The second-order valence-corrected chi connectivity index (χ2v) is 4.48. The number of aromatic carboxylic acids is 1. The van der Waals surface area contributed by atoms with E-state index in [1.54, 1.807) is 7.11 Å². The first-order valence-corrected chi connectivity index (χ1v) is 6.35. The normalized spacial score (nSPS) is 25.0. The summed E-state index contributed by atoms with van der Waals surface area (Å²) in [5.41, 5.74) is 0. The van der Waals surface area contributed by atoms with Gasteiger partial charge in [-0.1, -0.05) is 0 Å². The molecule has 2 rings (SSSR count). The Labute approximate surface area is 115 Å². The standard InChI is InChI=1S/C13H17NO6/c1-3-19-10-6-7(11(10)18-2)14-12(15)8-4-5-9(20-8)13(16)17/h4-5,7,10-11H,3,6H2,1-2H3,(H,14,15)(H,16,17)/t7-,10+,11-/m0/s1. The number of carbonyl (C=O) groups excluding carboxylic acids is 1. The number of hydrogen-bond acceptors (Lipinski definition) is 5. The summed E-state index contributed by atoms with van der Waals surface area (Å²) in [6, 6.07) is 2.41. The first kappa shape index (κ1) is 14.5. The van der Waals surface area contributed by atoms with E-state index in [1.165, 1.54) is 12.1 Å². The fraction of sp³-hybridized carbons (Fsp3) is 0.538. The molecule has 1 amide bonds. The lowest BCUT2D eigenvalue weighted by molar-refractivity contribution is -0.128. The zero-order chi connectivity index (χ0) is 14.7. The van der Waals surface area contributed by atoms with Crippen molar-refractivity contribution in [3.63, 3.8) is 0 Å². The van der Waals surface area contributed by atoms with Crippen LogP contribution in [0.1, 0.15) is 34.5 Å².